The van der Waals surface area contributed by atoms with Crippen LogP contribution in [0.4, 0.5) is 0 Å². The second-order valence-electron chi connectivity index (χ2n) is 10.4. The topological polar surface area (TPSA) is 146 Å². The zero-order valence-electron chi connectivity index (χ0n) is 21.8. The third kappa shape index (κ3) is 4.68. The maximum absolute atomic E-state index is 12.6. The molecule has 1 fully saturated rings. The molecule has 36 heavy (non-hydrogen) atoms. The maximum atomic E-state index is 12.6. The van der Waals surface area contributed by atoms with Crippen molar-refractivity contribution in [1.82, 2.24) is 0 Å². The van der Waals surface area contributed by atoms with Gasteiger partial charge in [-0.15, -0.1) is 0 Å². The third-order valence-corrected chi connectivity index (χ3v) is 8.01. The van der Waals surface area contributed by atoms with Crippen LogP contribution in [0.3, 0.4) is 0 Å². The predicted octanol–water partition coefficient (Wildman–Crippen LogP) is 1.76. The monoisotopic (exact) mass is 508 g/mol. The van der Waals surface area contributed by atoms with Gasteiger partial charge in [-0.3, -0.25) is 19.2 Å². The first kappa shape index (κ1) is 27.9. The summed E-state index contributed by atoms with van der Waals surface area (Å²) in [5, 5.41) is 23.8. The van der Waals surface area contributed by atoms with E-state index in [1.54, 1.807) is 26.8 Å². The van der Waals surface area contributed by atoms with Gasteiger partial charge in [-0.25, -0.2) is 0 Å². The summed E-state index contributed by atoms with van der Waals surface area (Å²) in [7, 11) is 0. The Bertz CT molecular complexity index is 999. The van der Waals surface area contributed by atoms with Crippen molar-refractivity contribution in [2.75, 3.05) is 0 Å². The lowest BCUT2D eigenvalue weighted by atomic mass is 9.56. The lowest BCUT2D eigenvalue weighted by Gasteiger charge is -2.54. The predicted molar refractivity (Wildman–Crippen MR) is 125 cm³/mol. The number of fused-ring (bicyclic) bond motifs is 2. The SMILES string of the molecule is CC(=O)O[C@H]1CC=C(C)C2[C@@H](O)[C@@]3(O)[C@H](/C=C(/C)[C@H](OC(C)=O)C[C@H](OC(C)=O)[C@]21C)OC(=O)[C@@H]3C. The lowest BCUT2D eigenvalue weighted by molar-refractivity contribution is -0.208. The molecule has 0 aromatic carbocycles. The Morgan fingerprint density at radius 2 is 1.56 bits per heavy atom. The van der Waals surface area contributed by atoms with Gasteiger partial charge in [0.2, 0.25) is 0 Å². The smallest absolute Gasteiger partial charge is 0.312 e. The normalized spacial score (nSPS) is 41.9. The zero-order valence-corrected chi connectivity index (χ0v) is 21.8. The molecule has 0 bridgehead atoms. The third-order valence-electron chi connectivity index (χ3n) is 8.01. The molecule has 10 nitrogen and oxygen atoms in total. The summed E-state index contributed by atoms with van der Waals surface area (Å²) in [6.07, 6.45) is -2.07. The minimum atomic E-state index is -2.07. The van der Waals surface area contributed by atoms with Crippen LogP contribution < -0.4 is 0 Å². The van der Waals surface area contributed by atoms with E-state index in [9.17, 15) is 29.4 Å². The molecule has 0 aromatic rings. The van der Waals surface area contributed by atoms with Crippen molar-refractivity contribution in [2.45, 2.75) is 97.4 Å². The highest BCUT2D eigenvalue weighted by atomic mass is 16.6. The molecule has 1 heterocycles. The highest BCUT2D eigenvalue weighted by Gasteiger charge is 2.65. The van der Waals surface area contributed by atoms with Crippen LogP contribution in [0.5, 0.6) is 0 Å². The molecule has 0 spiro atoms. The van der Waals surface area contributed by atoms with E-state index >= 15 is 0 Å². The van der Waals surface area contributed by atoms with E-state index in [0.717, 1.165) is 0 Å². The number of hydrogen-bond donors (Lipinski definition) is 2. The first-order valence-electron chi connectivity index (χ1n) is 12.1. The van der Waals surface area contributed by atoms with Crippen molar-refractivity contribution in [3.05, 3.63) is 23.3 Å². The molecular weight excluding hydrogens is 472 g/mol. The molecule has 9 atom stereocenters. The Balaban J connectivity index is 2.33. The van der Waals surface area contributed by atoms with E-state index in [1.807, 2.05) is 0 Å². The number of esters is 4. The number of hydrogen-bond acceptors (Lipinski definition) is 10. The summed E-state index contributed by atoms with van der Waals surface area (Å²) in [4.78, 5) is 49.0. The number of rotatable bonds is 3. The second-order valence-corrected chi connectivity index (χ2v) is 10.4. The molecule has 1 unspecified atom stereocenters. The van der Waals surface area contributed by atoms with Gasteiger partial charge in [-0.2, -0.15) is 0 Å². The van der Waals surface area contributed by atoms with Gasteiger partial charge in [0.1, 0.15) is 23.9 Å². The number of aliphatic hydroxyl groups excluding tert-OH is 1. The fraction of sp³-hybridized carbons (Fsp3) is 0.692. The minimum absolute atomic E-state index is 0.0130. The van der Waals surface area contributed by atoms with Crippen molar-refractivity contribution in [1.29, 1.82) is 0 Å². The first-order chi connectivity index (χ1) is 16.6. The van der Waals surface area contributed by atoms with E-state index in [1.165, 1.54) is 33.8 Å². The van der Waals surface area contributed by atoms with Gasteiger partial charge in [0, 0.05) is 39.5 Å². The van der Waals surface area contributed by atoms with Crippen LogP contribution in [0.25, 0.3) is 0 Å². The van der Waals surface area contributed by atoms with Crippen LogP contribution in [-0.2, 0) is 38.1 Å². The molecule has 0 aromatic heterocycles. The maximum Gasteiger partial charge on any atom is 0.312 e. The molecule has 0 saturated carbocycles. The number of carbonyl (C=O) groups excluding carboxylic acids is 4. The van der Waals surface area contributed by atoms with Gasteiger partial charge >= 0.3 is 23.9 Å². The fourth-order valence-electron chi connectivity index (χ4n) is 6.05. The molecule has 1 aliphatic heterocycles. The van der Waals surface area contributed by atoms with Crippen LogP contribution in [-0.4, -0.2) is 70.2 Å². The van der Waals surface area contributed by atoms with Crippen LogP contribution in [0.2, 0.25) is 0 Å². The highest BCUT2D eigenvalue weighted by molar-refractivity contribution is 5.77. The van der Waals surface area contributed by atoms with E-state index in [4.69, 9.17) is 18.9 Å². The van der Waals surface area contributed by atoms with Crippen LogP contribution in [0, 0.1) is 17.3 Å². The Labute approximate surface area is 210 Å². The van der Waals surface area contributed by atoms with E-state index in [2.05, 4.69) is 0 Å². The summed E-state index contributed by atoms with van der Waals surface area (Å²) in [6, 6.07) is 0. The van der Waals surface area contributed by atoms with E-state index in [-0.39, 0.29) is 12.8 Å². The molecule has 3 rings (SSSR count). The second kappa shape index (κ2) is 9.97. The minimum Gasteiger partial charge on any atom is -0.462 e. The molecule has 0 amide bonds. The summed E-state index contributed by atoms with van der Waals surface area (Å²) in [5.41, 5.74) is -2.25. The molecule has 200 valence electrons. The highest BCUT2D eigenvalue weighted by Crippen LogP contribution is 2.54. The summed E-state index contributed by atoms with van der Waals surface area (Å²) in [5.74, 6) is -4.50. The van der Waals surface area contributed by atoms with Crippen molar-refractivity contribution in [2.24, 2.45) is 17.3 Å². The zero-order chi connectivity index (χ0) is 27.2. The first-order valence-corrected chi connectivity index (χ1v) is 12.1. The number of carbonyl (C=O) groups is 4. The fourth-order valence-corrected chi connectivity index (χ4v) is 6.05. The molecule has 2 aliphatic carbocycles. The molecule has 10 heteroatoms. The lowest BCUT2D eigenvalue weighted by Crippen LogP contribution is -2.64. The molecule has 1 saturated heterocycles. The van der Waals surface area contributed by atoms with Crippen molar-refractivity contribution < 1.29 is 48.3 Å². The van der Waals surface area contributed by atoms with Crippen LogP contribution in [0.15, 0.2) is 23.3 Å². The van der Waals surface area contributed by atoms with Crippen LogP contribution in [0.1, 0.15) is 61.3 Å². The van der Waals surface area contributed by atoms with Crippen molar-refractivity contribution in [3.63, 3.8) is 0 Å². The van der Waals surface area contributed by atoms with E-state index < -0.39 is 77.2 Å². The number of ether oxygens (including phenoxy) is 4. The van der Waals surface area contributed by atoms with Gasteiger partial charge in [0.05, 0.1) is 17.4 Å². The van der Waals surface area contributed by atoms with Gasteiger partial charge in [0.15, 0.2) is 6.10 Å². The standard InChI is InChI=1S/C26H36O10/c1-12-8-9-19(34-16(5)28)25(7)20(35-17(6)29)11-18(33-15(4)27)13(2)10-21-26(32,23(30)22(12)25)14(3)24(31)36-21/h8,10,14,18-23,30,32H,9,11H2,1-7H3/b13-10-/t14-,18+,19-,20-,21-,22?,23+,25+,26-/m0/s1. The summed E-state index contributed by atoms with van der Waals surface area (Å²) < 4.78 is 22.5. The quantitative estimate of drug-likeness (QED) is 0.328. The molecule has 3 aliphatic rings. The van der Waals surface area contributed by atoms with Crippen molar-refractivity contribution >= 4 is 23.9 Å². The summed E-state index contributed by atoms with van der Waals surface area (Å²) >= 11 is 0. The van der Waals surface area contributed by atoms with Gasteiger partial charge in [-0.05, 0) is 32.4 Å². The van der Waals surface area contributed by atoms with Gasteiger partial charge in [0.25, 0.3) is 0 Å². The Hall–Kier alpha value is -2.72. The van der Waals surface area contributed by atoms with Gasteiger partial charge in [-0.1, -0.05) is 18.6 Å². The average Bonchev–Trinajstić information content (AvgIpc) is 2.97. The molecule has 2 N–H and O–H groups in total. The van der Waals surface area contributed by atoms with Crippen LogP contribution >= 0.6 is 0 Å². The Kier molecular flexibility index (Phi) is 7.72. The largest absolute Gasteiger partial charge is 0.462 e. The molecular formula is C26H36O10. The number of aliphatic hydroxyl groups is 2. The summed E-state index contributed by atoms with van der Waals surface area (Å²) in [6.45, 7) is 10.3. The van der Waals surface area contributed by atoms with E-state index in [0.29, 0.717) is 11.1 Å². The Morgan fingerprint density at radius 3 is 2.11 bits per heavy atom. The Morgan fingerprint density at radius 1 is 1.00 bits per heavy atom. The van der Waals surface area contributed by atoms with Gasteiger partial charge < -0.3 is 29.2 Å². The molecule has 0 radical (unpaired) electrons. The van der Waals surface area contributed by atoms with Crippen molar-refractivity contribution in [3.8, 4) is 0 Å². The average molecular weight is 509 g/mol.